The van der Waals surface area contributed by atoms with Crippen molar-refractivity contribution < 1.29 is 0 Å². The zero-order valence-electron chi connectivity index (χ0n) is 11.3. The highest BCUT2D eigenvalue weighted by atomic mass is 15.2. The first-order valence-electron chi connectivity index (χ1n) is 6.56. The van der Waals surface area contributed by atoms with Crippen molar-refractivity contribution in [1.82, 2.24) is 4.90 Å². The first-order valence-corrected chi connectivity index (χ1v) is 6.56. The van der Waals surface area contributed by atoms with Crippen LogP contribution in [-0.2, 0) is 0 Å². The number of rotatable bonds is 8. The van der Waals surface area contributed by atoms with E-state index in [1.54, 1.807) is 0 Å². The third-order valence-electron chi connectivity index (χ3n) is 3.20. The summed E-state index contributed by atoms with van der Waals surface area (Å²) in [5, 5.41) is 0. The molecule has 0 heterocycles. The summed E-state index contributed by atoms with van der Waals surface area (Å²) in [4.78, 5) is 2.63. The largest absolute Gasteiger partial charge is 0.329 e. The van der Waals surface area contributed by atoms with Gasteiger partial charge in [-0.15, -0.1) is 0 Å². The standard InChI is InChI=1S/C13H30N2/c1-6-12(7-2)15(10-11(4)5)13(8-3)9-14/h11-13H,6-10,14H2,1-5H3. The van der Waals surface area contributed by atoms with E-state index in [9.17, 15) is 0 Å². The van der Waals surface area contributed by atoms with Crippen molar-refractivity contribution in [2.24, 2.45) is 11.7 Å². The van der Waals surface area contributed by atoms with Crippen LogP contribution in [-0.4, -0.2) is 30.1 Å². The Bertz CT molecular complexity index is 125. The van der Waals surface area contributed by atoms with Crippen molar-refractivity contribution in [3.8, 4) is 0 Å². The van der Waals surface area contributed by atoms with Crippen LogP contribution < -0.4 is 5.73 Å². The van der Waals surface area contributed by atoms with Crippen molar-refractivity contribution >= 4 is 0 Å². The quantitative estimate of drug-likeness (QED) is 0.673. The molecule has 0 spiro atoms. The monoisotopic (exact) mass is 214 g/mol. The lowest BCUT2D eigenvalue weighted by atomic mass is 10.0. The van der Waals surface area contributed by atoms with Crippen LogP contribution in [0.1, 0.15) is 53.9 Å². The molecule has 0 saturated heterocycles. The fourth-order valence-electron chi connectivity index (χ4n) is 2.31. The van der Waals surface area contributed by atoms with Gasteiger partial charge in [0.2, 0.25) is 0 Å². The molecule has 0 aromatic carbocycles. The lowest BCUT2D eigenvalue weighted by Crippen LogP contribution is -2.47. The van der Waals surface area contributed by atoms with E-state index in [1.807, 2.05) is 0 Å². The molecule has 2 nitrogen and oxygen atoms in total. The van der Waals surface area contributed by atoms with Crippen molar-refractivity contribution in [3.05, 3.63) is 0 Å². The first-order chi connectivity index (χ1) is 7.10. The van der Waals surface area contributed by atoms with E-state index in [4.69, 9.17) is 5.73 Å². The molecule has 0 aromatic rings. The number of nitrogens with zero attached hydrogens (tertiary/aromatic N) is 1. The van der Waals surface area contributed by atoms with Gasteiger partial charge in [0.25, 0.3) is 0 Å². The SMILES string of the molecule is CCC(CC)N(CC(C)C)C(CC)CN. The minimum Gasteiger partial charge on any atom is -0.329 e. The summed E-state index contributed by atoms with van der Waals surface area (Å²) >= 11 is 0. The average Bonchev–Trinajstić information content (AvgIpc) is 2.20. The zero-order valence-corrected chi connectivity index (χ0v) is 11.3. The van der Waals surface area contributed by atoms with Crippen LogP contribution in [0.4, 0.5) is 0 Å². The second-order valence-corrected chi connectivity index (χ2v) is 4.86. The Morgan fingerprint density at radius 1 is 0.933 bits per heavy atom. The molecule has 0 aromatic heterocycles. The molecule has 0 fully saturated rings. The Balaban J connectivity index is 4.52. The molecular weight excluding hydrogens is 184 g/mol. The van der Waals surface area contributed by atoms with Gasteiger partial charge < -0.3 is 5.73 Å². The lowest BCUT2D eigenvalue weighted by Gasteiger charge is -2.37. The Labute approximate surface area is 96.2 Å². The van der Waals surface area contributed by atoms with Gasteiger partial charge in [-0.3, -0.25) is 4.90 Å². The van der Waals surface area contributed by atoms with Gasteiger partial charge in [-0.25, -0.2) is 0 Å². The molecule has 0 rings (SSSR count). The van der Waals surface area contributed by atoms with Crippen molar-refractivity contribution in [2.75, 3.05) is 13.1 Å². The topological polar surface area (TPSA) is 29.3 Å². The fraction of sp³-hybridized carbons (Fsp3) is 1.00. The maximum Gasteiger partial charge on any atom is 0.0218 e. The highest BCUT2D eigenvalue weighted by Crippen LogP contribution is 2.16. The summed E-state index contributed by atoms with van der Waals surface area (Å²) in [6.45, 7) is 13.4. The third-order valence-corrected chi connectivity index (χ3v) is 3.20. The normalized spacial score (nSPS) is 14.2. The number of hydrogen-bond donors (Lipinski definition) is 1. The minimum atomic E-state index is 0.567. The van der Waals surface area contributed by atoms with E-state index in [2.05, 4.69) is 39.5 Å². The molecule has 2 heteroatoms. The van der Waals surface area contributed by atoms with E-state index < -0.39 is 0 Å². The van der Waals surface area contributed by atoms with Crippen molar-refractivity contribution in [1.29, 1.82) is 0 Å². The molecule has 92 valence electrons. The molecule has 0 aliphatic carbocycles. The average molecular weight is 214 g/mol. The zero-order chi connectivity index (χ0) is 11.8. The van der Waals surface area contributed by atoms with Gasteiger partial charge in [0.1, 0.15) is 0 Å². The number of nitrogens with two attached hydrogens (primary N) is 1. The predicted molar refractivity (Wildman–Crippen MR) is 69.0 cm³/mol. The van der Waals surface area contributed by atoms with Crippen LogP contribution in [0.5, 0.6) is 0 Å². The summed E-state index contributed by atoms with van der Waals surface area (Å²) in [7, 11) is 0. The third kappa shape index (κ3) is 4.98. The highest BCUT2D eigenvalue weighted by molar-refractivity contribution is 4.78. The summed E-state index contributed by atoms with van der Waals surface area (Å²) in [5.74, 6) is 0.728. The van der Waals surface area contributed by atoms with E-state index in [1.165, 1.54) is 25.8 Å². The Morgan fingerprint density at radius 3 is 1.67 bits per heavy atom. The molecule has 0 radical (unpaired) electrons. The van der Waals surface area contributed by atoms with Crippen molar-refractivity contribution in [3.63, 3.8) is 0 Å². The van der Waals surface area contributed by atoms with Gasteiger partial charge in [-0.2, -0.15) is 0 Å². The Hall–Kier alpha value is -0.0800. The summed E-state index contributed by atoms with van der Waals surface area (Å²) in [5.41, 5.74) is 5.87. The lowest BCUT2D eigenvalue weighted by molar-refractivity contribution is 0.110. The van der Waals surface area contributed by atoms with Crippen LogP contribution in [0.15, 0.2) is 0 Å². The maximum atomic E-state index is 5.87. The van der Waals surface area contributed by atoms with Crippen LogP contribution in [0.2, 0.25) is 0 Å². The van der Waals surface area contributed by atoms with Gasteiger partial charge in [0.15, 0.2) is 0 Å². The molecular formula is C13H30N2. The van der Waals surface area contributed by atoms with Crippen LogP contribution >= 0.6 is 0 Å². The summed E-state index contributed by atoms with van der Waals surface area (Å²) in [6.07, 6.45) is 3.64. The smallest absolute Gasteiger partial charge is 0.0218 e. The summed E-state index contributed by atoms with van der Waals surface area (Å²) < 4.78 is 0. The molecule has 0 aliphatic heterocycles. The predicted octanol–water partition coefficient (Wildman–Crippen LogP) is 2.87. The molecule has 0 aliphatic rings. The Morgan fingerprint density at radius 2 is 1.40 bits per heavy atom. The van der Waals surface area contributed by atoms with Gasteiger partial charge in [-0.1, -0.05) is 34.6 Å². The number of hydrogen-bond acceptors (Lipinski definition) is 2. The second kappa shape index (κ2) is 8.12. The fourth-order valence-corrected chi connectivity index (χ4v) is 2.31. The van der Waals surface area contributed by atoms with Crippen LogP contribution in [0.3, 0.4) is 0 Å². The van der Waals surface area contributed by atoms with Gasteiger partial charge >= 0.3 is 0 Å². The Kier molecular flexibility index (Phi) is 8.07. The molecule has 0 saturated carbocycles. The first kappa shape index (κ1) is 14.9. The van der Waals surface area contributed by atoms with Crippen molar-refractivity contribution in [2.45, 2.75) is 66.0 Å². The maximum absolute atomic E-state index is 5.87. The molecule has 2 N–H and O–H groups in total. The van der Waals surface area contributed by atoms with Gasteiger partial charge in [0.05, 0.1) is 0 Å². The van der Waals surface area contributed by atoms with Crippen LogP contribution in [0, 0.1) is 5.92 Å². The molecule has 1 unspecified atom stereocenters. The van der Waals surface area contributed by atoms with Crippen LogP contribution in [0.25, 0.3) is 0 Å². The molecule has 15 heavy (non-hydrogen) atoms. The summed E-state index contributed by atoms with van der Waals surface area (Å²) in [6, 6.07) is 1.28. The molecule has 1 atom stereocenters. The van der Waals surface area contributed by atoms with E-state index in [0.29, 0.717) is 12.1 Å². The minimum absolute atomic E-state index is 0.567. The van der Waals surface area contributed by atoms with Gasteiger partial charge in [-0.05, 0) is 25.2 Å². The second-order valence-electron chi connectivity index (χ2n) is 4.86. The van der Waals surface area contributed by atoms with E-state index in [-0.39, 0.29) is 0 Å². The van der Waals surface area contributed by atoms with Gasteiger partial charge in [0, 0.05) is 25.2 Å². The van der Waals surface area contributed by atoms with E-state index in [0.717, 1.165) is 12.5 Å². The van der Waals surface area contributed by atoms with E-state index >= 15 is 0 Å². The molecule has 0 bridgehead atoms. The molecule has 0 amide bonds. The highest BCUT2D eigenvalue weighted by Gasteiger charge is 2.22.